The zero-order valence-electron chi connectivity index (χ0n) is 13.7. The van der Waals surface area contributed by atoms with Crippen LogP contribution in [0.4, 0.5) is 0 Å². The van der Waals surface area contributed by atoms with Crippen LogP contribution in [-0.2, 0) is 0 Å². The van der Waals surface area contributed by atoms with Crippen LogP contribution >= 0.6 is 11.8 Å². The summed E-state index contributed by atoms with van der Waals surface area (Å²) in [4.78, 5) is 0. The topological polar surface area (TPSA) is 12.0 Å². The first-order valence-electron chi connectivity index (χ1n) is 9.00. The Bertz CT molecular complexity index is 292. The molecule has 4 bridgehead atoms. The average molecular weight is 296 g/mol. The molecule has 4 fully saturated rings. The van der Waals surface area contributed by atoms with Gasteiger partial charge in [0.05, 0.1) is 0 Å². The second kappa shape index (κ2) is 6.20. The van der Waals surface area contributed by atoms with E-state index in [2.05, 4.69) is 37.8 Å². The molecule has 116 valence electrons. The molecule has 0 aromatic heterocycles. The zero-order valence-corrected chi connectivity index (χ0v) is 14.5. The van der Waals surface area contributed by atoms with Crippen LogP contribution in [0.2, 0.25) is 0 Å². The van der Waals surface area contributed by atoms with Crippen LogP contribution in [0, 0.1) is 23.2 Å². The van der Waals surface area contributed by atoms with Crippen molar-refractivity contribution in [2.75, 3.05) is 12.3 Å². The van der Waals surface area contributed by atoms with Gasteiger partial charge in [0.25, 0.3) is 0 Å². The van der Waals surface area contributed by atoms with E-state index in [9.17, 15) is 0 Å². The Morgan fingerprint density at radius 2 is 1.60 bits per heavy atom. The third-order valence-corrected chi connectivity index (χ3v) is 7.83. The minimum absolute atomic E-state index is 0.672. The molecule has 0 aromatic carbocycles. The van der Waals surface area contributed by atoms with Gasteiger partial charge in [-0.15, -0.1) is 0 Å². The van der Waals surface area contributed by atoms with E-state index in [-0.39, 0.29) is 0 Å². The predicted octanol–water partition coefficient (Wildman–Crippen LogP) is 4.71. The third kappa shape index (κ3) is 2.92. The van der Waals surface area contributed by atoms with Crippen LogP contribution < -0.4 is 5.32 Å². The normalized spacial score (nSPS) is 41.9. The van der Waals surface area contributed by atoms with E-state index in [1.165, 1.54) is 12.2 Å². The molecule has 4 saturated carbocycles. The summed E-state index contributed by atoms with van der Waals surface area (Å²) in [6.07, 6.45) is 10.6. The summed E-state index contributed by atoms with van der Waals surface area (Å²) < 4.78 is 0. The monoisotopic (exact) mass is 295 g/mol. The molecule has 0 aliphatic heterocycles. The lowest BCUT2D eigenvalue weighted by Crippen LogP contribution is -2.57. The molecule has 20 heavy (non-hydrogen) atoms. The molecule has 1 nitrogen and oxygen atoms in total. The second-order valence-corrected chi connectivity index (χ2v) is 9.41. The van der Waals surface area contributed by atoms with Crippen molar-refractivity contribution in [1.29, 1.82) is 0 Å². The number of hydrogen-bond donors (Lipinski definition) is 1. The molecule has 4 aliphatic carbocycles. The van der Waals surface area contributed by atoms with E-state index in [0.29, 0.717) is 5.41 Å². The fourth-order valence-corrected chi connectivity index (χ4v) is 6.91. The molecule has 1 N–H and O–H groups in total. The molecule has 4 rings (SSSR count). The summed E-state index contributed by atoms with van der Waals surface area (Å²) in [7, 11) is 0. The number of hydrogen-bond acceptors (Lipinski definition) is 2. The van der Waals surface area contributed by atoms with E-state index >= 15 is 0 Å². The highest BCUT2D eigenvalue weighted by atomic mass is 32.2. The van der Waals surface area contributed by atoms with Gasteiger partial charge in [0, 0.05) is 17.0 Å². The molecule has 2 unspecified atom stereocenters. The Hall–Kier alpha value is 0.310. The van der Waals surface area contributed by atoms with Crippen LogP contribution in [-0.4, -0.2) is 23.6 Å². The Balaban J connectivity index is 1.69. The van der Waals surface area contributed by atoms with Gasteiger partial charge in [-0.3, -0.25) is 0 Å². The van der Waals surface area contributed by atoms with E-state index in [1.54, 1.807) is 38.5 Å². The van der Waals surface area contributed by atoms with Gasteiger partial charge < -0.3 is 5.32 Å². The standard InChI is InChI=1S/C18H33NS/c1-4-13(3)20-12-17(19-5-2)18-9-14-6-15(10-18)8-16(7-14)11-18/h13-17,19H,4-12H2,1-3H3. The van der Waals surface area contributed by atoms with Crippen molar-refractivity contribution in [2.45, 2.75) is 77.0 Å². The van der Waals surface area contributed by atoms with Crippen molar-refractivity contribution >= 4 is 11.8 Å². The lowest BCUT2D eigenvalue weighted by molar-refractivity contribution is -0.0691. The molecule has 2 atom stereocenters. The van der Waals surface area contributed by atoms with Gasteiger partial charge in [-0.25, -0.2) is 0 Å². The summed E-state index contributed by atoms with van der Waals surface area (Å²) in [5, 5.41) is 4.72. The first-order valence-corrected chi connectivity index (χ1v) is 10.0. The highest BCUT2D eigenvalue weighted by Crippen LogP contribution is 2.61. The van der Waals surface area contributed by atoms with Crippen molar-refractivity contribution in [3.63, 3.8) is 0 Å². The number of thioether (sulfide) groups is 1. The number of rotatable bonds is 7. The molecule has 0 saturated heterocycles. The van der Waals surface area contributed by atoms with Gasteiger partial charge >= 0.3 is 0 Å². The van der Waals surface area contributed by atoms with E-state index in [0.717, 1.165) is 35.6 Å². The average Bonchev–Trinajstić information content (AvgIpc) is 2.41. The first kappa shape index (κ1) is 15.2. The molecule has 4 aliphatic rings. The maximum atomic E-state index is 3.90. The molecule has 0 aromatic rings. The Morgan fingerprint density at radius 3 is 2.05 bits per heavy atom. The molecule has 0 radical (unpaired) electrons. The quantitative estimate of drug-likeness (QED) is 0.730. The Kier molecular flexibility index (Phi) is 4.72. The van der Waals surface area contributed by atoms with Crippen LogP contribution in [0.1, 0.15) is 65.7 Å². The van der Waals surface area contributed by atoms with Crippen molar-refractivity contribution in [3.8, 4) is 0 Å². The maximum absolute atomic E-state index is 3.90. The van der Waals surface area contributed by atoms with Gasteiger partial charge in [0.2, 0.25) is 0 Å². The smallest absolute Gasteiger partial charge is 0.0214 e. The van der Waals surface area contributed by atoms with Crippen molar-refractivity contribution < 1.29 is 0 Å². The first-order chi connectivity index (χ1) is 9.65. The largest absolute Gasteiger partial charge is 0.313 e. The summed E-state index contributed by atoms with van der Waals surface area (Å²) in [6, 6.07) is 0.778. The Morgan fingerprint density at radius 1 is 1.05 bits per heavy atom. The van der Waals surface area contributed by atoms with Crippen molar-refractivity contribution in [3.05, 3.63) is 0 Å². The molecule has 0 amide bonds. The van der Waals surface area contributed by atoms with Gasteiger partial charge in [-0.1, -0.05) is 20.8 Å². The van der Waals surface area contributed by atoms with Crippen LogP contribution in [0.15, 0.2) is 0 Å². The van der Waals surface area contributed by atoms with Crippen LogP contribution in [0.5, 0.6) is 0 Å². The van der Waals surface area contributed by atoms with Crippen molar-refractivity contribution in [1.82, 2.24) is 5.32 Å². The van der Waals surface area contributed by atoms with Crippen LogP contribution in [0.25, 0.3) is 0 Å². The van der Waals surface area contributed by atoms with Gasteiger partial charge in [0.1, 0.15) is 0 Å². The summed E-state index contributed by atoms with van der Waals surface area (Å²) in [5.41, 5.74) is 0.672. The maximum Gasteiger partial charge on any atom is 0.0214 e. The van der Waals surface area contributed by atoms with E-state index in [1.807, 2.05) is 0 Å². The minimum atomic E-state index is 0.672. The molecule has 2 heteroatoms. The fourth-order valence-electron chi connectivity index (χ4n) is 5.68. The highest BCUT2D eigenvalue weighted by Gasteiger charge is 2.53. The van der Waals surface area contributed by atoms with Crippen LogP contribution in [0.3, 0.4) is 0 Å². The molecular weight excluding hydrogens is 262 g/mol. The highest BCUT2D eigenvalue weighted by molar-refractivity contribution is 7.99. The van der Waals surface area contributed by atoms with Gasteiger partial charge in [0.15, 0.2) is 0 Å². The SMILES string of the molecule is CCNC(CSC(C)CC)C12CC3CC(CC(C3)C1)C2. The fraction of sp³-hybridized carbons (Fsp3) is 1.00. The van der Waals surface area contributed by atoms with Gasteiger partial charge in [-0.2, -0.15) is 11.8 Å². The predicted molar refractivity (Wildman–Crippen MR) is 90.3 cm³/mol. The lowest BCUT2D eigenvalue weighted by Gasteiger charge is -2.59. The van der Waals surface area contributed by atoms with Gasteiger partial charge in [-0.05, 0) is 74.7 Å². The summed E-state index contributed by atoms with van der Waals surface area (Å²) in [6.45, 7) is 8.16. The Labute approximate surface area is 130 Å². The number of nitrogens with one attached hydrogen (secondary N) is 1. The van der Waals surface area contributed by atoms with Crippen molar-refractivity contribution in [2.24, 2.45) is 23.2 Å². The zero-order chi connectivity index (χ0) is 14.2. The van der Waals surface area contributed by atoms with E-state index < -0.39 is 0 Å². The minimum Gasteiger partial charge on any atom is -0.313 e. The summed E-state index contributed by atoms with van der Waals surface area (Å²) in [5.74, 6) is 4.58. The third-order valence-electron chi connectivity index (χ3n) is 6.40. The second-order valence-electron chi connectivity index (χ2n) is 7.94. The molecular formula is C18H33NS. The van der Waals surface area contributed by atoms with E-state index in [4.69, 9.17) is 0 Å². The summed E-state index contributed by atoms with van der Waals surface area (Å²) >= 11 is 2.21. The lowest BCUT2D eigenvalue weighted by atomic mass is 9.48. The molecule has 0 heterocycles. The molecule has 0 spiro atoms.